The molecule has 0 aliphatic rings. The fraction of sp³-hybridized carbons (Fsp3) is 0.208. The van der Waals surface area contributed by atoms with Crippen molar-refractivity contribution in [3.8, 4) is 5.75 Å². The van der Waals surface area contributed by atoms with Crippen LogP contribution in [0.1, 0.15) is 12.5 Å². The fourth-order valence-electron chi connectivity index (χ4n) is 3.25. The monoisotopic (exact) mass is 499 g/mol. The van der Waals surface area contributed by atoms with Crippen molar-refractivity contribution >= 4 is 56.5 Å². The Kier molecular flexibility index (Phi) is 7.69. The third kappa shape index (κ3) is 5.96. The minimum absolute atomic E-state index is 0.0848. The number of carbonyl (C=O) groups is 1. The molecule has 9 heteroatoms. The zero-order valence-corrected chi connectivity index (χ0v) is 20.3. The van der Waals surface area contributed by atoms with Gasteiger partial charge in [-0.3, -0.25) is 14.2 Å². The minimum Gasteiger partial charge on any atom is -0.494 e. The Labute approximate surface area is 204 Å². The maximum atomic E-state index is 13.1. The van der Waals surface area contributed by atoms with Crippen LogP contribution in [0.25, 0.3) is 10.2 Å². The average molecular weight is 500 g/mol. The van der Waals surface area contributed by atoms with Crippen molar-refractivity contribution < 1.29 is 9.53 Å². The van der Waals surface area contributed by atoms with Crippen LogP contribution < -0.4 is 15.6 Å². The second-order valence-corrected chi connectivity index (χ2v) is 9.45. The van der Waals surface area contributed by atoms with E-state index in [4.69, 9.17) is 16.3 Å². The molecule has 1 amide bonds. The Morgan fingerprint density at radius 2 is 1.91 bits per heavy atom. The second kappa shape index (κ2) is 10.9. The summed E-state index contributed by atoms with van der Waals surface area (Å²) >= 11 is 8.60. The van der Waals surface area contributed by atoms with E-state index in [2.05, 4.69) is 10.3 Å². The number of benzene rings is 2. The summed E-state index contributed by atoms with van der Waals surface area (Å²) in [5.74, 6) is 0.715. The molecule has 0 unspecified atom stereocenters. The van der Waals surface area contributed by atoms with Crippen molar-refractivity contribution in [3.05, 3.63) is 80.9 Å². The number of amides is 1. The van der Waals surface area contributed by atoms with Gasteiger partial charge < -0.3 is 10.1 Å². The molecule has 2 heterocycles. The molecule has 0 aliphatic heterocycles. The fourth-order valence-corrected chi connectivity index (χ4v) is 4.98. The standard InChI is InChI=1S/C24H22ClN3O3S2/c1-2-31-19-9-7-18(8-10-19)26-21(29)15-33-24-27-20-12-14-32-22(20)23(30)28(24)13-11-16-3-5-17(25)6-4-16/h3-10,12,14H,2,11,13,15H2,1H3,(H,26,29). The van der Waals surface area contributed by atoms with Crippen LogP contribution >= 0.6 is 34.7 Å². The van der Waals surface area contributed by atoms with Crippen molar-refractivity contribution in [3.63, 3.8) is 0 Å². The van der Waals surface area contributed by atoms with Gasteiger partial charge >= 0.3 is 0 Å². The number of carbonyl (C=O) groups excluding carboxylic acids is 1. The Morgan fingerprint density at radius 3 is 2.64 bits per heavy atom. The third-order valence-electron chi connectivity index (χ3n) is 4.85. The summed E-state index contributed by atoms with van der Waals surface area (Å²) in [6, 6.07) is 16.6. The number of fused-ring (bicyclic) bond motifs is 1. The van der Waals surface area contributed by atoms with Gasteiger partial charge in [0.2, 0.25) is 5.91 Å². The Hall–Kier alpha value is -2.81. The van der Waals surface area contributed by atoms with E-state index in [-0.39, 0.29) is 17.2 Å². The molecule has 0 radical (unpaired) electrons. The molecule has 2 aromatic heterocycles. The molecular formula is C24H22ClN3O3S2. The summed E-state index contributed by atoms with van der Waals surface area (Å²) in [4.78, 5) is 30.3. The first kappa shape index (κ1) is 23.4. The van der Waals surface area contributed by atoms with Crippen LogP contribution in [0.2, 0.25) is 5.02 Å². The van der Waals surface area contributed by atoms with Gasteiger partial charge in [-0.15, -0.1) is 11.3 Å². The second-order valence-electron chi connectivity index (χ2n) is 7.16. The molecule has 0 fully saturated rings. The van der Waals surface area contributed by atoms with Crippen LogP contribution in [0.5, 0.6) is 5.75 Å². The maximum absolute atomic E-state index is 13.1. The first-order valence-corrected chi connectivity index (χ1v) is 12.7. The predicted molar refractivity (Wildman–Crippen MR) is 136 cm³/mol. The molecule has 0 saturated heterocycles. The summed E-state index contributed by atoms with van der Waals surface area (Å²) in [5.41, 5.74) is 2.33. The van der Waals surface area contributed by atoms with E-state index in [0.29, 0.717) is 45.7 Å². The van der Waals surface area contributed by atoms with Gasteiger partial charge in [0.25, 0.3) is 5.56 Å². The number of ether oxygens (including phenoxy) is 1. The summed E-state index contributed by atoms with van der Waals surface area (Å²) in [6.07, 6.45) is 0.654. The van der Waals surface area contributed by atoms with Gasteiger partial charge in [0.05, 0.1) is 17.9 Å². The number of nitrogens with zero attached hydrogens (tertiary/aromatic N) is 2. The van der Waals surface area contributed by atoms with E-state index in [9.17, 15) is 9.59 Å². The number of halogens is 1. The van der Waals surface area contributed by atoms with Crippen molar-refractivity contribution in [2.75, 3.05) is 17.7 Å². The summed E-state index contributed by atoms with van der Waals surface area (Å²) in [6.45, 7) is 2.97. The molecule has 0 spiro atoms. The van der Waals surface area contributed by atoms with Gasteiger partial charge in [-0.25, -0.2) is 4.98 Å². The molecule has 1 N–H and O–H groups in total. The molecule has 33 heavy (non-hydrogen) atoms. The zero-order valence-electron chi connectivity index (χ0n) is 17.9. The lowest BCUT2D eigenvalue weighted by Crippen LogP contribution is -2.24. The average Bonchev–Trinajstić information content (AvgIpc) is 3.29. The van der Waals surface area contributed by atoms with Crippen LogP contribution in [-0.4, -0.2) is 27.8 Å². The third-order valence-corrected chi connectivity index (χ3v) is 6.97. The topological polar surface area (TPSA) is 73.2 Å². The minimum atomic E-state index is -0.173. The van der Waals surface area contributed by atoms with Gasteiger partial charge in [0.15, 0.2) is 5.16 Å². The van der Waals surface area contributed by atoms with E-state index in [1.54, 1.807) is 16.7 Å². The molecule has 0 atom stereocenters. The number of rotatable bonds is 9. The quantitative estimate of drug-likeness (QED) is 0.244. The highest BCUT2D eigenvalue weighted by Gasteiger charge is 2.14. The van der Waals surface area contributed by atoms with Crippen molar-refractivity contribution in [2.24, 2.45) is 0 Å². The highest BCUT2D eigenvalue weighted by Crippen LogP contribution is 2.22. The van der Waals surface area contributed by atoms with Gasteiger partial charge in [0.1, 0.15) is 10.4 Å². The number of hydrogen-bond donors (Lipinski definition) is 1. The van der Waals surface area contributed by atoms with Gasteiger partial charge in [-0.1, -0.05) is 35.5 Å². The molecule has 6 nitrogen and oxygen atoms in total. The lowest BCUT2D eigenvalue weighted by Gasteiger charge is -2.12. The van der Waals surface area contributed by atoms with Gasteiger partial charge in [-0.2, -0.15) is 0 Å². The van der Waals surface area contributed by atoms with E-state index >= 15 is 0 Å². The molecule has 0 aliphatic carbocycles. The highest BCUT2D eigenvalue weighted by molar-refractivity contribution is 7.99. The van der Waals surface area contributed by atoms with E-state index in [0.717, 1.165) is 11.3 Å². The predicted octanol–water partition coefficient (Wildman–Crippen LogP) is 5.48. The Bertz CT molecular complexity index is 1300. The zero-order chi connectivity index (χ0) is 23.2. The molecule has 0 saturated carbocycles. The highest BCUT2D eigenvalue weighted by atomic mass is 35.5. The summed E-state index contributed by atoms with van der Waals surface area (Å²) < 4.78 is 7.70. The van der Waals surface area contributed by atoms with Crippen molar-refractivity contribution in [1.29, 1.82) is 0 Å². The largest absolute Gasteiger partial charge is 0.494 e. The van der Waals surface area contributed by atoms with Crippen LogP contribution in [0.15, 0.2) is 69.9 Å². The van der Waals surface area contributed by atoms with Gasteiger partial charge in [0, 0.05) is 17.3 Å². The molecule has 170 valence electrons. The molecule has 0 bridgehead atoms. The Morgan fingerprint density at radius 1 is 1.15 bits per heavy atom. The van der Waals surface area contributed by atoms with E-state index < -0.39 is 0 Å². The lowest BCUT2D eigenvalue weighted by molar-refractivity contribution is -0.113. The normalized spacial score (nSPS) is 11.0. The first-order chi connectivity index (χ1) is 16.0. The molecule has 4 aromatic rings. The number of thioether (sulfide) groups is 1. The van der Waals surface area contributed by atoms with Gasteiger partial charge in [-0.05, 0) is 66.8 Å². The Balaban J connectivity index is 1.47. The summed E-state index contributed by atoms with van der Waals surface area (Å²) in [7, 11) is 0. The van der Waals surface area contributed by atoms with E-state index in [1.807, 2.05) is 54.8 Å². The molecule has 2 aromatic carbocycles. The van der Waals surface area contributed by atoms with Crippen LogP contribution in [0.4, 0.5) is 5.69 Å². The molecule has 4 rings (SSSR count). The maximum Gasteiger partial charge on any atom is 0.272 e. The van der Waals surface area contributed by atoms with Crippen molar-refractivity contribution in [2.45, 2.75) is 25.0 Å². The van der Waals surface area contributed by atoms with Crippen LogP contribution in [0.3, 0.4) is 0 Å². The van der Waals surface area contributed by atoms with Crippen LogP contribution in [-0.2, 0) is 17.8 Å². The number of nitrogens with one attached hydrogen (secondary N) is 1. The number of hydrogen-bond acceptors (Lipinski definition) is 6. The number of thiophene rings is 1. The number of aryl methyl sites for hydroxylation is 1. The SMILES string of the molecule is CCOc1ccc(NC(=O)CSc2nc3ccsc3c(=O)n2CCc2ccc(Cl)cc2)cc1. The number of anilines is 1. The smallest absolute Gasteiger partial charge is 0.272 e. The lowest BCUT2D eigenvalue weighted by atomic mass is 10.1. The van der Waals surface area contributed by atoms with Crippen molar-refractivity contribution in [1.82, 2.24) is 9.55 Å². The molecular weight excluding hydrogens is 478 g/mol. The summed E-state index contributed by atoms with van der Waals surface area (Å²) in [5, 5.41) is 5.93. The first-order valence-electron chi connectivity index (χ1n) is 10.4. The van der Waals surface area contributed by atoms with Crippen LogP contribution in [0, 0.1) is 0 Å². The van der Waals surface area contributed by atoms with E-state index in [1.165, 1.54) is 23.1 Å². The number of aromatic nitrogens is 2.